The highest BCUT2D eigenvalue weighted by Gasteiger charge is 2.32. The van der Waals surface area contributed by atoms with Gasteiger partial charge in [0.15, 0.2) is 0 Å². The Morgan fingerprint density at radius 1 is 0.939 bits per heavy atom. The minimum atomic E-state index is -1.11. The number of benzene rings is 2. The first-order chi connectivity index (χ1) is 15.6. The molecular weight excluding hydrogens is 420 g/mol. The molecule has 0 aliphatic heterocycles. The van der Waals surface area contributed by atoms with E-state index >= 15 is 0 Å². The van der Waals surface area contributed by atoms with E-state index in [0.717, 1.165) is 22.3 Å². The number of carboxylic acid groups (broad SMARTS) is 1. The Morgan fingerprint density at radius 3 is 1.97 bits per heavy atom. The van der Waals surface area contributed by atoms with E-state index in [0.29, 0.717) is 6.42 Å². The highest BCUT2D eigenvalue weighted by molar-refractivity contribution is 5.89. The van der Waals surface area contributed by atoms with Crippen molar-refractivity contribution in [2.24, 2.45) is 5.41 Å². The number of ether oxygens (including phenoxy) is 1. The molecule has 0 aromatic heterocycles. The van der Waals surface area contributed by atoms with E-state index in [4.69, 9.17) is 4.74 Å². The van der Waals surface area contributed by atoms with E-state index in [1.807, 2.05) is 57.2 Å². The zero-order valence-corrected chi connectivity index (χ0v) is 19.6. The summed E-state index contributed by atoms with van der Waals surface area (Å²) in [5.41, 5.74) is 4.19. The van der Waals surface area contributed by atoms with Gasteiger partial charge in [0.05, 0.1) is 0 Å². The van der Waals surface area contributed by atoms with Crippen molar-refractivity contribution in [3.05, 3.63) is 59.7 Å². The molecule has 0 spiro atoms. The number of carbonyl (C=O) groups excluding carboxylic acids is 2. The predicted molar refractivity (Wildman–Crippen MR) is 126 cm³/mol. The standard InChI is InChI=1S/C26H32N2O5/c1-5-21(24(30)31)27-23(29)22(14-26(2,3)4)28-25(32)33-15-20-18-12-8-6-10-16(18)17-11-7-9-13-19(17)20/h6-13,20-22H,5,14-15H2,1-4H3,(H,27,29)(H,28,32)(H,30,31)/t21-,22?/m1/s1. The molecule has 7 heteroatoms. The van der Waals surface area contributed by atoms with Crippen molar-refractivity contribution in [1.29, 1.82) is 0 Å². The molecule has 1 unspecified atom stereocenters. The second-order valence-corrected chi connectivity index (χ2v) is 9.59. The molecule has 33 heavy (non-hydrogen) atoms. The molecule has 2 aromatic carbocycles. The van der Waals surface area contributed by atoms with Gasteiger partial charge in [0.1, 0.15) is 18.7 Å². The highest BCUT2D eigenvalue weighted by Crippen LogP contribution is 2.44. The fourth-order valence-corrected chi connectivity index (χ4v) is 4.21. The van der Waals surface area contributed by atoms with Crippen molar-refractivity contribution in [2.45, 2.75) is 58.5 Å². The molecule has 1 aliphatic rings. The average molecular weight is 453 g/mol. The number of amides is 2. The lowest BCUT2D eigenvalue weighted by Crippen LogP contribution is -2.52. The predicted octanol–water partition coefficient (Wildman–Crippen LogP) is 4.31. The lowest BCUT2D eigenvalue weighted by molar-refractivity contribution is -0.142. The smallest absolute Gasteiger partial charge is 0.407 e. The van der Waals surface area contributed by atoms with Crippen molar-refractivity contribution >= 4 is 18.0 Å². The molecule has 0 radical (unpaired) electrons. The minimum absolute atomic E-state index is 0.0884. The quantitative estimate of drug-likeness (QED) is 0.554. The largest absolute Gasteiger partial charge is 0.480 e. The number of carboxylic acids is 1. The van der Waals surface area contributed by atoms with Gasteiger partial charge < -0.3 is 20.5 Å². The highest BCUT2D eigenvalue weighted by atomic mass is 16.5. The monoisotopic (exact) mass is 452 g/mol. The second kappa shape index (κ2) is 10.1. The average Bonchev–Trinajstić information content (AvgIpc) is 3.08. The number of nitrogens with one attached hydrogen (secondary N) is 2. The van der Waals surface area contributed by atoms with E-state index in [1.165, 1.54) is 0 Å². The normalized spacial score (nSPS) is 14.5. The van der Waals surface area contributed by atoms with Gasteiger partial charge in [0.25, 0.3) is 0 Å². The molecule has 2 amide bonds. The summed E-state index contributed by atoms with van der Waals surface area (Å²) in [4.78, 5) is 36.8. The molecule has 0 heterocycles. The SMILES string of the molecule is CC[C@@H](NC(=O)C(CC(C)(C)C)NC(=O)OCC1c2ccccc2-c2ccccc21)C(=O)O. The Labute approximate surface area is 194 Å². The van der Waals surface area contributed by atoms with Crippen LogP contribution in [0.3, 0.4) is 0 Å². The number of aliphatic carboxylic acids is 1. The van der Waals surface area contributed by atoms with Crippen molar-refractivity contribution in [3.63, 3.8) is 0 Å². The Morgan fingerprint density at radius 2 is 1.48 bits per heavy atom. The van der Waals surface area contributed by atoms with Gasteiger partial charge in [-0.15, -0.1) is 0 Å². The molecule has 0 fully saturated rings. The molecular formula is C26H32N2O5. The van der Waals surface area contributed by atoms with Crippen LogP contribution in [-0.2, 0) is 14.3 Å². The third-order valence-electron chi connectivity index (χ3n) is 5.79. The van der Waals surface area contributed by atoms with Crippen molar-refractivity contribution in [2.75, 3.05) is 6.61 Å². The second-order valence-electron chi connectivity index (χ2n) is 9.59. The van der Waals surface area contributed by atoms with Gasteiger partial charge in [-0.3, -0.25) is 4.79 Å². The molecule has 3 rings (SSSR count). The van der Waals surface area contributed by atoms with E-state index in [-0.39, 0.29) is 24.4 Å². The maximum absolute atomic E-state index is 12.8. The summed E-state index contributed by atoms with van der Waals surface area (Å²) in [5, 5.41) is 14.4. The van der Waals surface area contributed by atoms with Gasteiger partial charge in [0.2, 0.25) is 5.91 Å². The molecule has 3 N–H and O–H groups in total. The summed E-state index contributed by atoms with van der Waals surface area (Å²) in [6.07, 6.45) is -0.127. The van der Waals surface area contributed by atoms with Crippen LogP contribution in [0.1, 0.15) is 57.6 Å². The number of hydrogen-bond acceptors (Lipinski definition) is 4. The molecule has 0 bridgehead atoms. The lowest BCUT2D eigenvalue weighted by atomic mass is 9.87. The van der Waals surface area contributed by atoms with Crippen LogP contribution in [0.4, 0.5) is 4.79 Å². The van der Waals surface area contributed by atoms with E-state index in [1.54, 1.807) is 6.92 Å². The van der Waals surface area contributed by atoms with Crippen molar-refractivity contribution < 1.29 is 24.2 Å². The number of carbonyl (C=O) groups is 3. The first kappa shape index (κ1) is 24.3. The Bertz CT molecular complexity index is 982. The van der Waals surface area contributed by atoms with Gasteiger partial charge in [0, 0.05) is 5.92 Å². The third kappa shape index (κ3) is 5.92. The fraction of sp³-hybridized carbons (Fsp3) is 0.423. The van der Waals surface area contributed by atoms with Gasteiger partial charge in [-0.25, -0.2) is 9.59 Å². The molecule has 0 saturated carbocycles. The van der Waals surface area contributed by atoms with E-state index < -0.39 is 30.1 Å². The first-order valence-electron chi connectivity index (χ1n) is 11.3. The van der Waals surface area contributed by atoms with Crippen LogP contribution in [0.2, 0.25) is 0 Å². The van der Waals surface area contributed by atoms with Crippen LogP contribution in [0.15, 0.2) is 48.5 Å². The maximum Gasteiger partial charge on any atom is 0.407 e. The Hall–Kier alpha value is -3.35. The number of rotatable bonds is 8. The molecule has 7 nitrogen and oxygen atoms in total. The van der Waals surface area contributed by atoms with Gasteiger partial charge >= 0.3 is 12.1 Å². The zero-order chi connectivity index (χ0) is 24.2. The van der Waals surface area contributed by atoms with Crippen LogP contribution < -0.4 is 10.6 Å². The van der Waals surface area contributed by atoms with Crippen LogP contribution in [0.25, 0.3) is 11.1 Å². The molecule has 0 saturated heterocycles. The van der Waals surface area contributed by atoms with Crippen molar-refractivity contribution in [1.82, 2.24) is 10.6 Å². The summed E-state index contributed by atoms with van der Waals surface area (Å²) < 4.78 is 5.57. The van der Waals surface area contributed by atoms with E-state index in [2.05, 4.69) is 22.8 Å². The topological polar surface area (TPSA) is 105 Å². The van der Waals surface area contributed by atoms with E-state index in [9.17, 15) is 19.5 Å². The summed E-state index contributed by atoms with van der Waals surface area (Å²) in [6.45, 7) is 7.65. The first-order valence-corrected chi connectivity index (χ1v) is 11.3. The van der Waals surface area contributed by atoms with Gasteiger partial charge in [-0.2, -0.15) is 0 Å². The summed E-state index contributed by atoms with van der Waals surface area (Å²) in [5.74, 6) is -1.73. The third-order valence-corrected chi connectivity index (χ3v) is 5.79. The van der Waals surface area contributed by atoms with Gasteiger partial charge in [-0.1, -0.05) is 76.2 Å². The molecule has 1 aliphatic carbocycles. The number of hydrogen-bond donors (Lipinski definition) is 3. The van der Waals surface area contributed by atoms with Crippen LogP contribution >= 0.6 is 0 Å². The molecule has 2 aromatic rings. The van der Waals surface area contributed by atoms with Crippen LogP contribution in [-0.4, -0.2) is 41.8 Å². The number of alkyl carbamates (subject to hydrolysis) is 1. The minimum Gasteiger partial charge on any atom is -0.480 e. The molecule has 2 atom stereocenters. The van der Waals surface area contributed by atoms with Gasteiger partial charge in [-0.05, 0) is 40.5 Å². The van der Waals surface area contributed by atoms with Crippen LogP contribution in [0.5, 0.6) is 0 Å². The summed E-state index contributed by atoms with van der Waals surface area (Å²) >= 11 is 0. The summed E-state index contributed by atoms with van der Waals surface area (Å²) in [6, 6.07) is 14.2. The Balaban J connectivity index is 1.69. The number of fused-ring (bicyclic) bond motifs is 3. The Kier molecular flexibility index (Phi) is 7.41. The van der Waals surface area contributed by atoms with Crippen molar-refractivity contribution in [3.8, 4) is 11.1 Å². The fourth-order valence-electron chi connectivity index (χ4n) is 4.21. The zero-order valence-electron chi connectivity index (χ0n) is 19.6. The molecule has 176 valence electrons. The lowest BCUT2D eigenvalue weighted by Gasteiger charge is -2.27. The van der Waals surface area contributed by atoms with Crippen LogP contribution in [0, 0.1) is 5.41 Å². The summed E-state index contributed by atoms with van der Waals surface area (Å²) in [7, 11) is 0. The maximum atomic E-state index is 12.8.